The summed E-state index contributed by atoms with van der Waals surface area (Å²) in [5, 5.41) is 8.56. The molecule has 0 aliphatic carbocycles. The molecule has 1 rings (SSSR count). The fourth-order valence-electron chi connectivity index (χ4n) is 1.18. The van der Waals surface area contributed by atoms with Crippen molar-refractivity contribution in [2.75, 3.05) is 0 Å². The Bertz CT molecular complexity index is 404. The molecule has 0 saturated heterocycles. The second kappa shape index (κ2) is 4.92. The van der Waals surface area contributed by atoms with Gasteiger partial charge in [0.1, 0.15) is 5.82 Å². The number of nitrogens with zero attached hydrogens (tertiary/aromatic N) is 1. The highest BCUT2D eigenvalue weighted by Crippen LogP contribution is 2.24. The van der Waals surface area contributed by atoms with Crippen LogP contribution in [0.5, 0.6) is 0 Å². The molecule has 0 N–H and O–H groups in total. The first-order valence-electron chi connectivity index (χ1n) is 4.16. The zero-order valence-corrected chi connectivity index (χ0v) is 9.31. The van der Waals surface area contributed by atoms with Gasteiger partial charge in [-0.15, -0.1) is 0 Å². The molecule has 1 aromatic carbocycles. The van der Waals surface area contributed by atoms with Crippen molar-refractivity contribution in [3.63, 3.8) is 0 Å². The number of allylic oxidation sites excluding steroid dienone is 2. The van der Waals surface area contributed by atoms with E-state index in [0.29, 0.717) is 11.1 Å². The minimum absolute atomic E-state index is 0.226. The van der Waals surface area contributed by atoms with E-state index in [0.717, 1.165) is 4.47 Å². The second-order valence-electron chi connectivity index (χ2n) is 2.77. The minimum atomic E-state index is -0.295. The number of hydrogen-bond acceptors (Lipinski definition) is 1. The molecule has 1 aromatic rings. The summed E-state index contributed by atoms with van der Waals surface area (Å²) in [6.45, 7) is 1.80. The maximum absolute atomic E-state index is 13.4. The van der Waals surface area contributed by atoms with Crippen molar-refractivity contribution in [3.8, 4) is 6.07 Å². The van der Waals surface area contributed by atoms with Gasteiger partial charge < -0.3 is 0 Å². The molecule has 0 amide bonds. The molecule has 0 saturated carbocycles. The van der Waals surface area contributed by atoms with Crippen molar-refractivity contribution >= 4 is 21.5 Å². The lowest BCUT2D eigenvalue weighted by atomic mass is 10.0. The average molecular weight is 254 g/mol. The summed E-state index contributed by atoms with van der Waals surface area (Å²) in [4.78, 5) is 0. The summed E-state index contributed by atoms with van der Waals surface area (Å²) >= 11 is 3.27. The lowest BCUT2D eigenvalue weighted by Gasteiger charge is -2.04. The van der Waals surface area contributed by atoms with E-state index in [1.54, 1.807) is 25.1 Å². The number of nitriles is 1. The molecule has 14 heavy (non-hydrogen) atoms. The largest absolute Gasteiger partial charge is 0.206 e. The maximum Gasteiger partial charge on any atom is 0.130 e. The maximum atomic E-state index is 13.4. The van der Waals surface area contributed by atoms with E-state index in [-0.39, 0.29) is 12.2 Å². The molecular weight excluding hydrogens is 245 g/mol. The monoisotopic (exact) mass is 253 g/mol. The molecule has 0 atom stereocenters. The van der Waals surface area contributed by atoms with Crippen molar-refractivity contribution in [3.05, 3.63) is 40.1 Å². The molecule has 0 aliphatic rings. The predicted octanol–water partition coefficient (Wildman–Crippen LogP) is 3.91. The minimum Gasteiger partial charge on any atom is -0.206 e. The zero-order valence-electron chi connectivity index (χ0n) is 7.72. The summed E-state index contributed by atoms with van der Waals surface area (Å²) in [6.07, 6.45) is 1.98. The van der Waals surface area contributed by atoms with Crippen LogP contribution in [0.2, 0.25) is 0 Å². The van der Waals surface area contributed by atoms with Crippen LogP contribution in [0.3, 0.4) is 0 Å². The molecule has 3 heteroatoms. The van der Waals surface area contributed by atoms with Gasteiger partial charge >= 0.3 is 0 Å². The fourth-order valence-corrected chi connectivity index (χ4v) is 1.54. The van der Waals surface area contributed by atoms with E-state index in [2.05, 4.69) is 15.9 Å². The summed E-state index contributed by atoms with van der Waals surface area (Å²) in [5.74, 6) is -0.295. The topological polar surface area (TPSA) is 23.8 Å². The number of benzene rings is 1. The van der Waals surface area contributed by atoms with Gasteiger partial charge in [0.05, 0.1) is 12.5 Å². The van der Waals surface area contributed by atoms with E-state index in [9.17, 15) is 4.39 Å². The van der Waals surface area contributed by atoms with Crippen LogP contribution in [-0.4, -0.2) is 0 Å². The van der Waals surface area contributed by atoms with Crippen LogP contribution < -0.4 is 0 Å². The van der Waals surface area contributed by atoms with Gasteiger partial charge in [0, 0.05) is 10.0 Å². The summed E-state index contributed by atoms with van der Waals surface area (Å²) < 4.78 is 14.2. The first-order chi connectivity index (χ1) is 6.69. The molecule has 0 aromatic heterocycles. The van der Waals surface area contributed by atoms with E-state index >= 15 is 0 Å². The second-order valence-corrected chi connectivity index (χ2v) is 3.69. The average Bonchev–Trinajstić information content (AvgIpc) is 2.18. The Labute approximate surface area is 91.0 Å². The third kappa shape index (κ3) is 2.43. The predicted molar refractivity (Wildman–Crippen MR) is 58.0 cm³/mol. The van der Waals surface area contributed by atoms with Crippen molar-refractivity contribution in [2.24, 2.45) is 0 Å². The third-order valence-electron chi connectivity index (χ3n) is 1.89. The molecule has 72 valence electrons. The van der Waals surface area contributed by atoms with Crippen LogP contribution in [0, 0.1) is 17.1 Å². The van der Waals surface area contributed by atoms with Crippen molar-refractivity contribution < 1.29 is 4.39 Å². The van der Waals surface area contributed by atoms with Gasteiger partial charge in [-0.2, -0.15) is 5.26 Å². The van der Waals surface area contributed by atoms with Crippen molar-refractivity contribution in [1.82, 2.24) is 0 Å². The van der Waals surface area contributed by atoms with E-state index < -0.39 is 0 Å². The van der Waals surface area contributed by atoms with Gasteiger partial charge in [-0.3, -0.25) is 0 Å². The van der Waals surface area contributed by atoms with E-state index in [4.69, 9.17) is 5.26 Å². The summed E-state index contributed by atoms with van der Waals surface area (Å²) in [6, 6.07) is 6.72. The Balaban J connectivity index is 3.17. The van der Waals surface area contributed by atoms with Crippen LogP contribution in [0.25, 0.3) is 5.57 Å². The van der Waals surface area contributed by atoms with Gasteiger partial charge in [0.2, 0.25) is 0 Å². The Hall–Kier alpha value is -1.14. The highest BCUT2D eigenvalue weighted by molar-refractivity contribution is 9.10. The molecule has 0 spiro atoms. The van der Waals surface area contributed by atoms with Gasteiger partial charge in [0.15, 0.2) is 0 Å². The smallest absolute Gasteiger partial charge is 0.130 e. The number of hydrogen-bond donors (Lipinski definition) is 0. The Morgan fingerprint density at radius 3 is 2.93 bits per heavy atom. The Kier molecular flexibility index (Phi) is 3.84. The summed E-state index contributed by atoms with van der Waals surface area (Å²) in [5.41, 5.74) is 1.20. The molecule has 0 bridgehead atoms. The van der Waals surface area contributed by atoms with Crippen molar-refractivity contribution in [1.29, 1.82) is 5.26 Å². The van der Waals surface area contributed by atoms with Crippen LogP contribution in [-0.2, 0) is 0 Å². The Morgan fingerprint density at radius 2 is 2.36 bits per heavy atom. The van der Waals surface area contributed by atoms with Gasteiger partial charge in [-0.05, 0) is 30.7 Å². The van der Waals surface area contributed by atoms with Crippen LogP contribution in [0.4, 0.5) is 4.39 Å². The number of rotatable bonds is 2. The molecular formula is C11H9BrFN. The zero-order chi connectivity index (χ0) is 10.6. The molecule has 0 aliphatic heterocycles. The molecule has 0 unspecified atom stereocenters. The third-order valence-corrected chi connectivity index (χ3v) is 2.39. The first kappa shape index (κ1) is 10.9. The standard InChI is InChI=1S/C11H9BrFN/c1-2-8(5-6-14)10-7-9(12)3-4-11(10)13/h2-4,7H,5H2,1H3/b8-2-. The highest BCUT2D eigenvalue weighted by Gasteiger charge is 2.07. The van der Waals surface area contributed by atoms with Crippen LogP contribution in [0.15, 0.2) is 28.7 Å². The van der Waals surface area contributed by atoms with Crippen molar-refractivity contribution in [2.45, 2.75) is 13.3 Å². The number of halogens is 2. The normalized spacial score (nSPS) is 11.1. The summed E-state index contributed by atoms with van der Waals surface area (Å²) in [7, 11) is 0. The van der Waals surface area contributed by atoms with Crippen LogP contribution >= 0.6 is 15.9 Å². The SMILES string of the molecule is C/C=C(/CC#N)c1cc(Br)ccc1F. The fraction of sp³-hybridized carbons (Fsp3) is 0.182. The lowest BCUT2D eigenvalue weighted by molar-refractivity contribution is 0.623. The highest BCUT2D eigenvalue weighted by atomic mass is 79.9. The first-order valence-corrected chi connectivity index (χ1v) is 4.96. The molecule has 0 radical (unpaired) electrons. The van der Waals surface area contributed by atoms with E-state index in [1.807, 2.05) is 6.07 Å². The molecule has 1 nitrogen and oxygen atoms in total. The molecule has 0 heterocycles. The van der Waals surface area contributed by atoms with Gasteiger partial charge in [-0.1, -0.05) is 22.0 Å². The lowest BCUT2D eigenvalue weighted by Crippen LogP contribution is -1.89. The Morgan fingerprint density at radius 1 is 1.64 bits per heavy atom. The molecule has 0 fully saturated rings. The van der Waals surface area contributed by atoms with E-state index in [1.165, 1.54) is 6.07 Å². The van der Waals surface area contributed by atoms with Gasteiger partial charge in [0.25, 0.3) is 0 Å². The van der Waals surface area contributed by atoms with Gasteiger partial charge in [-0.25, -0.2) is 4.39 Å². The van der Waals surface area contributed by atoms with Crippen LogP contribution in [0.1, 0.15) is 18.9 Å². The quantitative estimate of drug-likeness (QED) is 0.785.